The number of hydrogen-bond donors (Lipinski definition) is 2. The zero-order chi connectivity index (χ0) is 10.1. The summed E-state index contributed by atoms with van der Waals surface area (Å²) in [4.78, 5) is 0. The molecule has 0 radical (unpaired) electrons. The third-order valence-electron chi connectivity index (χ3n) is 2.81. The smallest absolute Gasteiger partial charge is 0.422 e. The summed E-state index contributed by atoms with van der Waals surface area (Å²) in [5.41, 5.74) is 2.72. The SMILES string of the molecule is CCn1nc2c(c1B(O)O)CCCC2. The van der Waals surface area contributed by atoms with E-state index in [-0.39, 0.29) is 0 Å². The van der Waals surface area contributed by atoms with E-state index in [1.165, 1.54) is 0 Å². The van der Waals surface area contributed by atoms with E-state index in [9.17, 15) is 10.0 Å². The van der Waals surface area contributed by atoms with E-state index >= 15 is 0 Å². The summed E-state index contributed by atoms with van der Waals surface area (Å²) < 4.78 is 1.71. The summed E-state index contributed by atoms with van der Waals surface area (Å²) >= 11 is 0. The first kappa shape index (κ1) is 9.74. The predicted octanol–water partition coefficient (Wildman–Crippen LogP) is -0.538. The Balaban J connectivity index is 2.48. The molecule has 14 heavy (non-hydrogen) atoms. The van der Waals surface area contributed by atoms with Crippen molar-refractivity contribution in [2.75, 3.05) is 0 Å². The van der Waals surface area contributed by atoms with Crippen molar-refractivity contribution in [1.29, 1.82) is 0 Å². The molecule has 1 aromatic rings. The van der Waals surface area contributed by atoms with Crippen molar-refractivity contribution >= 4 is 12.7 Å². The van der Waals surface area contributed by atoms with Crippen LogP contribution in [0.1, 0.15) is 31.0 Å². The predicted molar refractivity (Wildman–Crippen MR) is 54.4 cm³/mol. The molecule has 4 nitrogen and oxygen atoms in total. The highest BCUT2D eigenvalue weighted by atomic mass is 16.4. The average Bonchev–Trinajstić information content (AvgIpc) is 2.55. The average molecular weight is 194 g/mol. The van der Waals surface area contributed by atoms with E-state index in [2.05, 4.69) is 5.10 Å². The molecule has 2 rings (SSSR count). The highest BCUT2D eigenvalue weighted by Crippen LogP contribution is 2.18. The van der Waals surface area contributed by atoms with Crippen LogP contribution in [-0.2, 0) is 19.4 Å². The largest absolute Gasteiger partial charge is 0.508 e. The van der Waals surface area contributed by atoms with Crippen LogP contribution < -0.4 is 5.59 Å². The maximum atomic E-state index is 9.28. The van der Waals surface area contributed by atoms with E-state index in [1.54, 1.807) is 4.68 Å². The van der Waals surface area contributed by atoms with E-state index in [1.807, 2.05) is 6.92 Å². The Morgan fingerprint density at radius 2 is 2.07 bits per heavy atom. The molecule has 1 aliphatic carbocycles. The number of aryl methyl sites for hydroxylation is 2. The first-order chi connectivity index (χ1) is 6.74. The van der Waals surface area contributed by atoms with E-state index in [0.717, 1.165) is 36.9 Å². The standard InChI is InChI=1S/C9H15BN2O2/c1-2-12-9(10(13)14)7-5-3-4-6-8(7)11-12/h13-14H,2-6H2,1H3. The Kier molecular flexibility index (Phi) is 2.61. The molecule has 0 saturated carbocycles. The fourth-order valence-corrected chi connectivity index (χ4v) is 2.16. The molecule has 1 heterocycles. The number of hydrogen-bond acceptors (Lipinski definition) is 3. The lowest BCUT2D eigenvalue weighted by atomic mass is 9.79. The lowest BCUT2D eigenvalue weighted by Gasteiger charge is -2.10. The van der Waals surface area contributed by atoms with Crippen LogP contribution in [0, 0.1) is 0 Å². The Bertz CT molecular complexity index is 336. The minimum atomic E-state index is -1.38. The molecule has 2 N–H and O–H groups in total. The highest BCUT2D eigenvalue weighted by molar-refractivity contribution is 6.58. The number of nitrogens with zero attached hydrogens (tertiary/aromatic N) is 2. The van der Waals surface area contributed by atoms with Crippen LogP contribution in [0.15, 0.2) is 0 Å². The molecular formula is C9H15BN2O2. The number of rotatable bonds is 2. The third-order valence-corrected chi connectivity index (χ3v) is 2.81. The van der Waals surface area contributed by atoms with Crippen molar-refractivity contribution in [3.63, 3.8) is 0 Å². The second-order valence-corrected chi connectivity index (χ2v) is 3.71. The van der Waals surface area contributed by atoms with Gasteiger partial charge >= 0.3 is 7.12 Å². The summed E-state index contributed by atoms with van der Waals surface area (Å²) in [7, 11) is -1.38. The van der Waals surface area contributed by atoms with Crippen LogP contribution in [0.5, 0.6) is 0 Å². The molecule has 76 valence electrons. The van der Waals surface area contributed by atoms with E-state index in [4.69, 9.17) is 0 Å². The van der Waals surface area contributed by atoms with Crippen molar-refractivity contribution in [3.05, 3.63) is 11.3 Å². The first-order valence-corrected chi connectivity index (χ1v) is 5.18. The number of fused-ring (bicyclic) bond motifs is 1. The third kappa shape index (κ3) is 1.46. The van der Waals surface area contributed by atoms with Gasteiger partial charge in [0.25, 0.3) is 0 Å². The lowest BCUT2D eigenvalue weighted by molar-refractivity contribution is 0.419. The maximum absolute atomic E-state index is 9.28. The minimum absolute atomic E-state index is 0.599. The first-order valence-electron chi connectivity index (χ1n) is 5.18. The summed E-state index contributed by atoms with van der Waals surface area (Å²) in [5.74, 6) is 0. The van der Waals surface area contributed by atoms with Crippen molar-refractivity contribution < 1.29 is 10.0 Å². The lowest BCUT2D eigenvalue weighted by Crippen LogP contribution is -2.39. The van der Waals surface area contributed by atoms with Gasteiger partial charge in [0.1, 0.15) is 0 Å². The Hall–Kier alpha value is -0.805. The van der Waals surface area contributed by atoms with Crippen LogP contribution in [-0.4, -0.2) is 26.9 Å². The van der Waals surface area contributed by atoms with Gasteiger partial charge in [0, 0.05) is 6.54 Å². The van der Waals surface area contributed by atoms with Gasteiger partial charge in [0.2, 0.25) is 0 Å². The molecule has 1 aliphatic rings. The van der Waals surface area contributed by atoms with E-state index in [0.29, 0.717) is 12.1 Å². The molecule has 0 atom stereocenters. The van der Waals surface area contributed by atoms with Gasteiger partial charge in [-0.2, -0.15) is 5.10 Å². The Morgan fingerprint density at radius 1 is 1.36 bits per heavy atom. The van der Waals surface area contributed by atoms with Crippen LogP contribution in [0.2, 0.25) is 0 Å². The Labute approximate surface area is 83.7 Å². The molecule has 0 amide bonds. The van der Waals surface area contributed by atoms with E-state index < -0.39 is 7.12 Å². The normalized spacial score (nSPS) is 15.4. The zero-order valence-electron chi connectivity index (χ0n) is 8.40. The van der Waals surface area contributed by atoms with Gasteiger partial charge in [-0.25, -0.2) is 0 Å². The molecule has 0 spiro atoms. The number of aromatic nitrogens is 2. The molecule has 1 aromatic heterocycles. The van der Waals surface area contributed by atoms with Gasteiger partial charge in [-0.15, -0.1) is 0 Å². The van der Waals surface area contributed by atoms with Crippen LogP contribution in [0.3, 0.4) is 0 Å². The molecule has 0 fully saturated rings. The van der Waals surface area contributed by atoms with Crippen molar-refractivity contribution in [1.82, 2.24) is 9.78 Å². The fraction of sp³-hybridized carbons (Fsp3) is 0.667. The quantitative estimate of drug-likeness (QED) is 0.621. The molecule has 0 aromatic carbocycles. The zero-order valence-corrected chi connectivity index (χ0v) is 8.40. The van der Waals surface area contributed by atoms with Gasteiger partial charge < -0.3 is 10.0 Å². The van der Waals surface area contributed by atoms with Crippen LogP contribution >= 0.6 is 0 Å². The topological polar surface area (TPSA) is 58.3 Å². The van der Waals surface area contributed by atoms with Crippen molar-refractivity contribution in [3.8, 4) is 0 Å². The van der Waals surface area contributed by atoms with Crippen LogP contribution in [0.4, 0.5) is 0 Å². The molecule has 5 heteroatoms. The second kappa shape index (κ2) is 3.75. The summed E-state index contributed by atoms with van der Waals surface area (Å²) in [6.07, 6.45) is 4.20. The highest BCUT2D eigenvalue weighted by Gasteiger charge is 2.26. The van der Waals surface area contributed by atoms with Gasteiger partial charge in [-0.05, 0) is 38.2 Å². The van der Waals surface area contributed by atoms with Gasteiger partial charge in [0.15, 0.2) is 0 Å². The van der Waals surface area contributed by atoms with Gasteiger partial charge in [-0.1, -0.05) is 0 Å². The summed E-state index contributed by atoms with van der Waals surface area (Å²) in [6, 6.07) is 0. The molecular weight excluding hydrogens is 179 g/mol. The van der Waals surface area contributed by atoms with Crippen molar-refractivity contribution in [2.45, 2.75) is 39.2 Å². The molecule has 0 saturated heterocycles. The molecule has 0 aliphatic heterocycles. The van der Waals surface area contributed by atoms with Gasteiger partial charge in [0.05, 0.1) is 11.3 Å². The maximum Gasteiger partial charge on any atom is 0.508 e. The second-order valence-electron chi connectivity index (χ2n) is 3.71. The summed E-state index contributed by atoms with van der Waals surface area (Å²) in [6.45, 7) is 2.66. The molecule has 0 bridgehead atoms. The minimum Gasteiger partial charge on any atom is -0.422 e. The van der Waals surface area contributed by atoms with Crippen molar-refractivity contribution in [2.24, 2.45) is 0 Å². The van der Waals surface area contributed by atoms with Crippen LogP contribution in [0.25, 0.3) is 0 Å². The fourth-order valence-electron chi connectivity index (χ4n) is 2.16. The summed E-state index contributed by atoms with van der Waals surface area (Å²) in [5, 5.41) is 22.9. The molecule has 0 unspecified atom stereocenters. The Morgan fingerprint density at radius 3 is 2.71 bits per heavy atom. The monoisotopic (exact) mass is 194 g/mol. The van der Waals surface area contributed by atoms with Gasteiger partial charge in [-0.3, -0.25) is 4.68 Å².